The number of hydrogen-bond donors (Lipinski definition) is 1. The summed E-state index contributed by atoms with van der Waals surface area (Å²) < 4.78 is 15.7. The van der Waals surface area contributed by atoms with Crippen LogP contribution >= 0.6 is 15.9 Å². The van der Waals surface area contributed by atoms with Crippen LogP contribution in [0.3, 0.4) is 0 Å². The lowest BCUT2D eigenvalue weighted by Gasteiger charge is -2.09. The van der Waals surface area contributed by atoms with E-state index in [0.29, 0.717) is 10.2 Å². The van der Waals surface area contributed by atoms with Crippen molar-refractivity contribution in [2.45, 2.75) is 32.7 Å². The van der Waals surface area contributed by atoms with E-state index in [9.17, 15) is 4.39 Å². The predicted molar refractivity (Wildman–Crippen MR) is 75.6 cm³/mol. The van der Waals surface area contributed by atoms with Gasteiger partial charge in [-0.3, -0.25) is 0 Å². The van der Waals surface area contributed by atoms with E-state index in [2.05, 4.69) is 26.2 Å². The van der Waals surface area contributed by atoms with Gasteiger partial charge in [0, 0.05) is 6.07 Å². The zero-order chi connectivity index (χ0) is 14.0. The summed E-state index contributed by atoms with van der Waals surface area (Å²) in [6, 6.07) is 4.75. The molecule has 2 N–H and O–H groups in total. The first-order chi connectivity index (χ1) is 9.08. The van der Waals surface area contributed by atoms with Gasteiger partial charge in [0.05, 0.1) is 21.9 Å². The minimum atomic E-state index is -0.323. The molecule has 0 amide bonds. The molecule has 102 valence electrons. The first-order valence-corrected chi connectivity index (χ1v) is 7.03. The number of benzene rings is 1. The summed E-state index contributed by atoms with van der Waals surface area (Å²) in [5, 5.41) is 8.24. The molecule has 19 heavy (non-hydrogen) atoms. The fraction of sp³-hybridized carbons (Fsp3) is 0.385. The van der Waals surface area contributed by atoms with E-state index in [1.807, 2.05) is 13.8 Å². The quantitative estimate of drug-likeness (QED) is 0.938. The van der Waals surface area contributed by atoms with Crippen LogP contribution in [0.1, 0.15) is 37.7 Å². The maximum atomic E-state index is 13.6. The Balaban J connectivity index is 2.50. The summed E-state index contributed by atoms with van der Waals surface area (Å²) in [7, 11) is 0. The maximum absolute atomic E-state index is 13.6. The van der Waals surface area contributed by atoms with Crippen molar-refractivity contribution in [3.63, 3.8) is 0 Å². The average Bonchev–Trinajstić information content (AvgIpc) is 2.84. The Kier molecular flexibility index (Phi) is 4.31. The molecule has 2 rings (SSSR count). The van der Waals surface area contributed by atoms with Gasteiger partial charge in [-0.1, -0.05) is 19.1 Å². The number of hydrogen-bond acceptors (Lipinski definition) is 3. The fourth-order valence-electron chi connectivity index (χ4n) is 1.95. The summed E-state index contributed by atoms with van der Waals surface area (Å²) >= 11 is 3.14. The molecular weight excluding hydrogens is 311 g/mol. The molecule has 6 heteroatoms. The van der Waals surface area contributed by atoms with Gasteiger partial charge in [0.25, 0.3) is 0 Å². The molecule has 0 saturated heterocycles. The van der Waals surface area contributed by atoms with Crippen molar-refractivity contribution < 1.29 is 4.39 Å². The van der Waals surface area contributed by atoms with Crippen molar-refractivity contribution >= 4 is 15.9 Å². The van der Waals surface area contributed by atoms with E-state index in [1.165, 1.54) is 6.07 Å². The summed E-state index contributed by atoms with van der Waals surface area (Å²) in [4.78, 5) is 0. The number of nitrogens with two attached hydrogens (primary N) is 1. The van der Waals surface area contributed by atoms with E-state index in [-0.39, 0.29) is 11.9 Å². The molecule has 1 atom stereocenters. The highest BCUT2D eigenvalue weighted by molar-refractivity contribution is 9.10. The first-order valence-electron chi connectivity index (χ1n) is 6.23. The van der Waals surface area contributed by atoms with Gasteiger partial charge in [-0.05, 0) is 40.9 Å². The Bertz CT molecular complexity index is 582. The van der Waals surface area contributed by atoms with Crippen LogP contribution in [0.4, 0.5) is 4.39 Å². The van der Waals surface area contributed by atoms with Gasteiger partial charge >= 0.3 is 0 Å². The molecule has 1 aromatic carbocycles. The number of nitrogens with zero attached hydrogens (tertiary/aromatic N) is 3. The fourth-order valence-corrected chi connectivity index (χ4v) is 2.20. The molecule has 2 aromatic rings. The highest BCUT2D eigenvalue weighted by Gasteiger charge is 2.17. The Labute approximate surface area is 119 Å². The first kappa shape index (κ1) is 14.1. The number of halogens is 2. The summed E-state index contributed by atoms with van der Waals surface area (Å²) in [6.07, 6.45) is 1.54. The van der Waals surface area contributed by atoms with E-state index in [4.69, 9.17) is 5.73 Å². The van der Waals surface area contributed by atoms with Gasteiger partial charge in [0.15, 0.2) is 0 Å². The van der Waals surface area contributed by atoms with Crippen LogP contribution in [0.5, 0.6) is 0 Å². The molecule has 1 aromatic heterocycles. The molecule has 4 nitrogen and oxygen atoms in total. The van der Waals surface area contributed by atoms with Crippen LogP contribution in [0, 0.1) is 5.82 Å². The second-order valence-corrected chi connectivity index (χ2v) is 5.15. The zero-order valence-electron chi connectivity index (χ0n) is 10.9. The third-order valence-corrected chi connectivity index (χ3v) is 3.71. The molecular formula is C13H16BrFN4. The molecule has 0 fully saturated rings. The molecule has 1 unspecified atom stereocenters. The minimum absolute atomic E-state index is 0.135. The molecule has 0 aliphatic heterocycles. The van der Waals surface area contributed by atoms with Gasteiger partial charge in [-0.2, -0.15) is 0 Å². The van der Waals surface area contributed by atoms with Crippen molar-refractivity contribution in [2.75, 3.05) is 0 Å². The van der Waals surface area contributed by atoms with Crippen molar-refractivity contribution in [3.05, 3.63) is 39.9 Å². The van der Waals surface area contributed by atoms with Gasteiger partial charge in [-0.25, -0.2) is 9.07 Å². The van der Waals surface area contributed by atoms with Crippen LogP contribution in [0.2, 0.25) is 0 Å². The standard InChI is InChI=1S/C13H16BrFN4/c1-3-11(16)13-12(4-2)19(18-17-13)8-5-6-9(14)10(15)7-8/h5-7,11H,3-4,16H2,1-2H3. The number of aromatic nitrogens is 3. The largest absolute Gasteiger partial charge is 0.323 e. The smallest absolute Gasteiger partial charge is 0.139 e. The highest BCUT2D eigenvalue weighted by Crippen LogP contribution is 2.22. The van der Waals surface area contributed by atoms with Gasteiger partial charge in [-0.15, -0.1) is 5.10 Å². The third-order valence-electron chi connectivity index (χ3n) is 3.07. The van der Waals surface area contributed by atoms with Crippen molar-refractivity contribution in [1.29, 1.82) is 0 Å². The van der Waals surface area contributed by atoms with Crippen molar-refractivity contribution in [2.24, 2.45) is 5.73 Å². The third kappa shape index (κ3) is 2.69. The zero-order valence-corrected chi connectivity index (χ0v) is 12.5. The van der Waals surface area contributed by atoms with Crippen molar-refractivity contribution in [1.82, 2.24) is 15.0 Å². The molecule has 1 heterocycles. The normalized spacial score (nSPS) is 12.7. The maximum Gasteiger partial charge on any atom is 0.139 e. The summed E-state index contributed by atoms with van der Waals surface area (Å²) in [5.41, 5.74) is 8.38. The topological polar surface area (TPSA) is 56.7 Å². The average molecular weight is 327 g/mol. The molecule has 0 radical (unpaired) electrons. The lowest BCUT2D eigenvalue weighted by atomic mass is 10.1. The highest BCUT2D eigenvalue weighted by atomic mass is 79.9. The number of rotatable bonds is 4. The van der Waals surface area contributed by atoms with E-state index in [0.717, 1.165) is 24.2 Å². The van der Waals surface area contributed by atoms with E-state index < -0.39 is 0 Å². The molecule has 0 spiro atoms. The van der Waals surface area contributed by atoms with Gasteiger partial charge in [0.1, 0.15) is 11.5 Å². The monoisotopic (exact) mass is 326 g/mol. The minimum Gasteiger partial charge on any atom is -0.323 e. The lowest BCUT2D eigenvalue weighted by Crippen LogP contribution is -2.12. The summed E-state index contributed by atoms with van der Waals surface area (Å²) in [5.74, 6) is -0.323. The van der Waals surface area contributed by atoms with E-state index in [1.54, 1.807) is 16.8 Å². The second kappa shape index (κ2) is 5.79. The molecule has 0 saturated carbocycles. The molecule has 0 aliphatic rings. The van der Waals surface area contributed by atoms with E-state index >= 15 is 0 Å². The van der Waals surface area contributed by atoms with Crippen molar-refractivity contribution in [3.8, 4) is 5.69 Å². The Morgan fingerprint density at radius 2 is 2.16 bits per heavy atom. The molecule has 0 bridgehead atoms. The summed E-state index contributed by atoms with van der Waals surface area (Å²) in [6.45, 7) is 4.01. The van der Waals surface area contributed by atoms with Crippen LogP contribution in [0.15, 0.2) is 22.7 Å². The van der Waals surface area contributed by atoms with Crippen LogP contribution < -0.4 is 5.73 Å². The predicted octanol–water partition coefficient (Wildman–Crippen LogP) is 3.14. The Hall–Kier alpha value is -1.27. The van der Waals surface area contributed by atoms with Gasteiger partial charge < -0.3 is 5.73 Å². The second-order valence-electron chi connectivity index (χ2n) is 4.30. The van der Waals surface area contributed by atoms with Crippen LogP contribution in [-0.2, 0) is 6.42 Å². The molecule has 0 aliphatic carbocycles. The lowest BCUT2D eigenvalue weighted by molar-refractivity contribution is 0.617. The van der Waals surface area contributed by atoms with Crippen LogP contribution in [-0.4, -0.2) is 15.0 Å². The Morgan fingerprint density at radius 3 is 2.74 bits per heavy atom. The Morgan fingerprint density at radius 1 is 1.42 bits per heavy atom. The SMILES string of the molecule is CCc1c(C(N)CC)nnn1-c1ccc(Br)c(F)c1. The van der Waals surface area contributed by atoms with Crippen LogP contribution in [0.25, 0.3) is 5.69 Å². The van der Waals surface area contributed by atoms with Gasteiger partial charge in [0.2, 0.25) is 0 Å².